The fourth-order valence-electron chi connectivity index (χ4n) is 1.52. The fourth-order valence-corrected chi connectivity index (χ4v) is 1.90. The molecule has 104 valence electrons. The number of carbonyl (C=O) groups is 1. The third-order valence-corrected chi connectivity index (χ3v) is 3.07. The first-order valence-corrected chi connectivity index (χ1v) is 6.74. The number of nitrogens with one attached hydrogen (secondary N) is 1. The van der Waals surface area contributed by atoms with Gasteiger partial charge < -0.3 is 10.1 Å². The molecule has 20 heavy (non-hydrogen) atoms. The summed E-state index contributed by atoms with van der Waals surface area (Å²) in [6, 6.07) is 7.83. The smallest absolute Gasteiger partial charge is 0.339 e. The van der Waals surface area contributed by atoms with Crippen molar-refractivity contribution in [2.24, 2.45) is 0 Å². The molecule has 0 aliphatic heterocycles. The second-order valence-electron chi connectivity index (χ2n) is 3.91. The Morgan fingerprint density at radius 3 is 2.80 bits per heavy atom. The highest BCUT2D eigenvalue weighted by molar-refractivity contribution is 9.10. The molecule has 0 spiro atoms. The number of hydrogen-bond donors (Lipinski definition) is 1. The average molecular weight is 339 g/mol. The van der Waals surface area contributed by atoms with Crippen LogP contribution in [0.25, 0.3) is 0 Å². The first-order chi connectivity index (χ1) is 9.60. The average Bonchev–Trinajstić information content (AvgIpc) is 2.44. The molecule has 0 amide bonds. The molecule has 0 bridgehead atoms. The number of nitrogens with zero attached hydrogens (tertiary/aromatic N) is 1. The fraction of sp³-hybridized carbons (Fsp3) is 0.143. The number of aromatic nitrogens is 1. The Morgan fingerprint density at radius 2 is 2.20 bits per heavy atom. The van der Waals surface area contributed by atoms with Crippen molar-refractivity contribution in [2.45, 2.75) is 6.92 Å². The van der Waals surface area contributed by atoms with Gasteiger partial charge in [0.25, 0.3) is 0 Å². The number of rotatable bonds is 4. The molecule has 0 atom stereocenters. The van der Waals surface area contributed by atoms with Crippen LogP contribution in [0, 0.1) is 5.82 Å². The molecule has 1 aromatic heterocycles. The van der Waals surface area contributed by atoms with Gasteiger partial charge in [-0.2, -0.15) is 0 Å². The summed E-state index contributed by atoms with van der Waals surface area (Å²) in [5.41, 5.74) is 1.08. The predicted molar refractivity (Wildman–Crippen MR) is 77.6 cm³/mol. The lowest BCUT2D eigenvalue weighted by Gasteiger charge is -2.07. The maximum Gasteiger partial charge on any atom is 0.339 e. The van der Waals surface area contributed by atoms with E-state index >= 15 is 0 Å². The topological polar surface area (TPSA) is 51.2 Å². The van der Waals surface area contributed by atoms with Crippen molar-refractivity contribution in [1.82, 2.24) is 4.98 Å². The minimum atomic E-state index is -0.406. The minimum Gasteiger partial charge on any atom is -0.462 e. The number of ether oxygens (including phenoxy) is 1. The van der Waals surface area contributed by atoms with Gasteiger partial charge in [-0.15, -0.1) is 0 Å². The maximum atomic E-state index is 13.1. The molecule has 1 N–H and O–H groups in total. The summed E-state index contributed by atoms with van der Waals surface area (Å²) in [6.45, 7) is 2.07. The number of carbonyl (C=O) groups excluding carboxylic acids is 1. The SMILES string of the molecule is CCOC(=O)c1ccc(Nc2ccc(F)c(Br)c2)nc1. The predicted octanol–water partition coefficient (Wildman–Crippen LogP) is 3.90. The zero-order valence-corrected chi connectivity index (χ0v) is 12.3. The van der Waals surface area contributed by atoms with Crippen molar-refractivity contribution in [3.8, 4) is 0 Å². The maximum absolute atomic E-state index is 13.1. The van der Waals surface area contributed by atoms with Gasteiger partial charge >= 0.3 is 5.97 Å². The van der Waals surface area contributed by atoms with Gasteiger partial charge in [-0.25, -0.2) is 14.2 Å². The van der Waals surface area contributed by atoms with Crippen LogP contribution in [0.5, 0.6) is 0 Å². The van der Waals surface area contributed by atoms with Crippen LogP contribution in [0.3, 0.4) is 0 Å². The molecule has 0 saturated carbocycles. The van der Waals surface area contributed by atoms with E-state index in [1.54, 1.807) is 31.2 Å². The first-order valence-electron chi connectivity index (χ1n) is 5.95. The summed E-state index contributed by atoms with van der Waals surface area (Å²) in [5.74, 6) is -0.186. The van der Waals surface area contributed by atoms with E-state index in [0.29, 0.717) is 28.1 Å². The third kappa shape index (κ3) is 3.54. The van der Waals surface area contributed by atoms with Crippen LogP contribution in [0.4, 0.5) is 15.9 Å². The van der Waals surface area contributed by atoms with Crippen molar-refractivity contribution < 1.29 is 13.9 Å². The van der Waals surface area contributed by atoms with Gasteiger partial charge in [-0.05, 0) is 53.2 Å². The Kier molecular flexibility index (Phi) is 4.68. The second-order valence-corrected chi connectivity index (χ2v) is 4.76. The van der Waals surface area contributed by atoms with Crippen molar-refractivity contribution >= 4 is 33.4 Å². The van der Waals surface area contributed by atoms with Crippen LogP contribution in [0.1, 0.15) is 17.3 Å². The van der Waals surface area contributed by atoms with Crippen LogP contribution in [-0.2, 0) is 4.74 Å². The molecule has 0 aliphatic carbocycles. The quantitative estimate of drug-likeness (QED) is 0.859. The standard InChI is InChI=1S/C14H12BrFN2O2/c1-2-20-14(19)9-3-6-13(17-8-9)18-10-4-5-12(16)11(15)7-10/h3-8H,2H2,1H3,(H,17,18). The summed E-state index contributed by atoms with van der Waals surface area (Å²) in [7, 11) is 0. The number of hydrogen-bond acceptors (Lipinski definition) is 4. The molecule has 0 fully saturated rings. The molecule has 1 aromatic carbocycles. The number of halogens is 2. The van der Waals surface area contributed by atoms with Crippen molar-refractivity contribution in [3.63, 3.8) is 0 Å². The van der Waals surface area contributed by atoms with Crippen molar-refractivity contribution in [3.05, 3.63) is 52.4 Å². The highest BCUT2D eigenvalue weighted by Crippen LogP contribution is 2.22. The van der Waals surface area contributed by atoms with Gasteiger partial charge in [0.1, 0.15) is 11.6 Å². The first kappa shape index (κ1) is 14.5. The highest BCUT2D eigenvalue weighted by atomic mass is 79.9. The number of benzene rings is 1. The van der Waals surface area contributed by atoms with Crippen LogP contribution in [0.15, 0.2) is 41.0 Å². The molecule has 2 aromatic rings. The van der Waals surface area contributed by atoms with E-state index in [-0.39, 0.29) is 5.82 Å². The lowest BCUT2D eigenvalue weighted by Crippen LogP contribution is -2.05. The zero-order valence-electron chi connectivity index (χ0n) is 10.7. The van der Waals surface area contributed by atoms with Crippen molar-refractivity contribution in [2.75, 3.05) is 11.9 Å². The summed E-state index contributed by atoms with van der Waals surface area (Å²) in [6.07, 6.45) is 1.43. The van der Waals surface area contributed by atoms with E-state index in [2.05, 4.69) is 26.2 Å². The monoisotopic (exact) mass is 338 g/mol. The molecule has 0 unspecified atom stereocenters. The molecule has 2 rings (SSSR count). The minimum absolute atomic E-state index is 0.322. The van der Waals surface area contributed by atoms with Gasteiger partial charge in [-0.1, -0.05) is 0 Å². The molecule has 1 heterocycles. The second kappa shape index (κ2) is 6.47. The molecule has 0 saturated heterocycles. The molecule has 0 aliphatic rings. The van der Waals surface area contributed by atoms with Crippen LogP contribution >= 0.6 is 15.9 Å². The van der Waals surface area contributed by atoms with E-state index in [4.69, 9.17) is 4.74 Å². The summed E-state index contributed by atoms with van der Waals surface area (Å²) in [4.78, 5) is 15.6. The van der Waals surface area contributed by atoms with Gasteiger partial charge in [0.15, 0.2) is 0 Å². The van der Waals surface area contributed by atoms with Crippen LogP contribution in [-0.4, -0.2) is 17.6 Å². The Labute approximate surface area is 124 Å². The Morgan fingerprint density at radius 1 is 1.40 bits per heavy atom. The van der Waals surface area contributed by atoms with E-state index in [0.717, 1.165) is 0 Å². The lowest BCUT2D eigenvalue weighted by atomic mass is 10.2. The van der Waals surface area contributed by atoms with Crippen LogP contribution in [0.2, 0.25) is 0 Å². The van der Waals surface area contributed by atoms with Gasteiger partial charge in [0.05, 0.1) is 16.6 Å². The molecule has 0 radical (unpaired) electrons. The number of esters is 1. The summed E-state index contributed by atoms with van der Waals surface area (Å²) >= 11 is 3.11. The van der Waals surface area contributed by atoms with Gasteiger partial charge in [0.2, 0.25) is 0 Å². The van der Waals surface area contributed by atoms with E-state index in [1.165, 1.54) is 12.3 Å². The summed E-state index contributed by atoms with van der Waals surface area (Å²) in [5, 5.41) is 3.01. The summed E-state index contributed by atoms with van der Waals surface area (Å²) < 4.78 is 18.3. The third-order valence-electron chi connectivity index (χ3n) is 2.47. The molecule has 4 nitrogen and oxygen atoms in total. The van der Waals surface area contributed by atoms with E-state index in [1.807, 2.05) is 0 Å². The molecular weight excluding hydrogens is 327 g/mol. The zero-order chi connectivity index (χ0) is 14.5. The highest BCUT2D eigenvalue weighted by Gasteiger charge is 2.07. The van der Waals surface area contributed by atoms with Crippen LogP contribution < -0.4 is 5.32 Å². The number of anilines is 2. The molecule has 6 heteroatoms. The van der Waals surface area contributed by atoms with E-state index in [9.17, 15) is 9.18 Å². The number of pyridine rings is 1. The van der Waals surface area contributed by atoms with Gasteiger partial charge in [-0.3, -0.25) is 0 Å². The van der Waals surface area contributed by atoms with Crippen molar-refractivity contribution in [1.29, 1.82) is 0 Å². The Balaban J connectivity index is 2.10. The van der Waals surface area contributed by atoms with E-state index < -0.39 is 5.97 Å². The largest absolute Gasteiger partial charge is 0.462 e. The lowest BCUT2D eigenvalue weighted by molar-refractivity contribution is 0.0526. The molecular formula is C14H12BrFN2O2. The Hall–Kier alpha value is -1.95. The van der Waals surface area contributed by atoms with Gasteiger partial charge in [0, 0.05) is 11.9 Å². The normalized spacial score (nSPS) is 10.2. The Bertz CT molecular complexity index is 617.